The zero-order valence-corrected chi connectivity index (χ0v) is 21.3. The van der Waals surface area contributed by atoms with Crippen LogP contribution in [0, 0.1) is 5.82 Å². The zero-order chi connectivity index (χ0) is 29.5. The number of carbonyl (C=O) groups excluding carboxylic acids is 2. The van der Waals surface area contributed by atoms with Gasteiger partial charge in [0.25, 0.3) is 0 Å². The number of carbonyl (C=O) groups is 2. The van der Waals surface area contributed by atoms with Crippen LogP contribution in [0.3, 0.4) is 0 Å². The van der Waals surface area contributed by atoms with E-state index < -0.39 is 97.5 Å². The van der Waals surface area contributed by atoms with Gasteiger partial charge in [0.2, 0.25) is 17.7 Å². The average molecular weight is 584 g/mol. The Morgan fingerprint density at radius 1 is 1.10 bits per heavy atom. The molecule has 41 heavy (non-hydrogen) atoms. The second-order valence-corrected chi connectivity index (χ2v) is 10.3. The van der Waals surface area contributed by atoms with E-state index in [0.717, 1.165) is 11.0 Å². The first kappa shape index (κ1) is 28.6. The molecule has 1 saturated heterocycles. The zero-order valence-electron chi connectivity index (χ0n) is 21.3. The van der Waals surface area contributed by atoms with Gasteiger partial charge in [-0.2, -0.15) is 13.2 Å². The minimum atomic E-state index is -4.87. The molecule has 1 aromatic heterocycles. The topological polar surface area (TPSA) is 91.0 Å². The number of H-pyrrole nitrogens is 1. The third kappa shape index (κ3) is 6.05. The first-order valence-corrected chi connectivity index (χ1v) is 12.8. The standard InChI is InChI=1S/C27H24F7N5O2/c28-17-9-21(39(13-17)22(40)10-20-24(27(32,33)34)37-38-36-20)25(41)35-23(14-4-2-1-3-5-14)15-6-7-18(19(29)8-15)16-11-26(30,31)12-16/h1-8,16-17,21,23H,9-13H2,(H,35,41)(H,36,37,38). The molecule has 2 fully saturated rings. The highest BCUT2D eigenvalue weighted by Crippen LogP contribution is 2.49. The molecule has 3 unspecified atom stereocenters. The van der Waals surface area contributed by atoms with Crippen LogP contribution < -0.4 is 5.32 Å². The fourth-order valence-corrected chi connectivity index (χ4v) is 5.34. The van der Waals surface area contributed by atoms with E-state index in [4.69, 9.17) is 0 Å². The van der Waals surface area contributed by atoms with Crippen LogP contribution in [0.5, 0.6) is 0 Å². The Hall–Kier alpha value is -3.97. The largest absolute Gasteiger partial charge is 0.437 e. The number of benzene rings is 2. The molecule has 0 spiro atoms. The number of hydrogen-bond acceptors (Lipinski definition) is 4. The third-order valence-electron chi connectivity index (χ3n) is 7.40. The molecule has 7 nitrogen and oxygen atoms in total. The van der Waals surface area contributed by atoms with Crippen LogP contribution in [-0.4, -0.2) is 56.8 Å². The number of nitrogens with one attached hydrogen (secondary N) is 2. The van der Waals surface area contributed by atoms with Gasteiger partial charge in [-0.25, -0.2) is 17.6 Å². The lowest BCUT2D eigenvalue weighted by Gasteiger charge is -2.35. The van der Waals surface area contributed by atoms with Crippen LogP contribution in [0.15, 0.2) is 48.5 Å². The van der Waals surface area contributed by atoms with Crippen LogP contribution in [0.2, 0.25) is 0 Å². The third-order valence-corrected chi connectivity index (χ3v) is 7.40. The van der Waals surface area contributed by atoms with Gasteiger partial charge in [-0.05, 0) is 28.7 Å². The summed E-state index contributed by atoms with van der Waals surface area (Å²) < 4.78 is 95.7. The summed E-state index contributed by atoms with van der Waals surface area (Å²) in [5, 5.41) is 10.8. The highest BCUT2D eigenvalue weighted by Gasteiger charge is 2.47. The molecule has 0 bridgehead atoms. The number of hydrogen-bond donors (Lipinski definition) is 2. The number of aromatic amines is 1. The van der Waals surface area contributed by atoms with Crippen molar-refractivity contribution < 1.29 is 40.3 Å². The molecule has 14 heteroatoms. The molecule has 2 amide bonds. The fraction of sp³-hybridized carbons (Fsp3) is 0.407. The minimum absolute atomic E-state index is 0.136. The molecule has 2 aliphatic rings. The predicted octanol–water partition coefficient (Wildman–Crippen LogP) is 4.86. The second-order valence-electron chi connectivity index (χ2n) is 10.3. The first-order valence-electron chi connectivity index (χ1n) is 12.8. The lowest BCUT2D eigenvalue weighted by atomic mass is 9.76. The number of rotatable bonds is 7. The number of nitrogens with zero attached hydrogens (tertiary/aromatic N) is 3. The number of halogens is 7. The van der Waals surface area contributed by atoms with Gasteiger partial charge in [0.15, 0.2) is 5.69 Å². The van der Waals surface area contributed by atoms with Crippen molar-refractivity contribution in [3.63, 3.8) is 0 Å². The summed E-state index contributed by atoms with van der Waals surface area (Å²) in [6.45, 7) is -0.509. The summed E-state index contributed by atoms with van der Waals surface area (Å²) in [6, 6.07) is 10.1. The van der Waals surface area contributed by atoms with E-state index in [1.807, 2.05) is 5.10 Å². The molecule has 3 atom stereocenters. The van der Waals surface area contributed by atoms with E-state index in [2.05, 4.69) is 15.6 Å². The molecule has 3 aromatic rings. The van der Waals surface area contributed by atoms with Gasteiger partial charge in [-0.3, -0.25) is 14.7 Å². The number of likely N-dealkylation sites (tertiary alicyclic amines) is 1. The van der Waals surface area contributed by atoms with Crippen molar-refractivity contribution in [3.8, 4) is 0 Å². The molecular formula is C27H24F7N5O2. The lowest BCUT2D eigenvalue weighted by Crippen LogP contribution is -2.47. The van der Waals surface area contributed by atoms with Crippen molar-refractivity contribution in [2.45, 2.75) is 62.0 Å². The highest BCUT2D eigenvalue weighted by atomic mass is 19.4. The molecule has 2 N–H and O–H groups in total. The summed E-state index contributed by atoms with van der Waals surface area (Å²) in [5.74, 6) is -5.92. The van der Waals surface area contributed by atoms with Gasteiger partial charge in [0, 0.05) is 19.3 Å². The fourth-order valence-electron chi connectivity index (χ4n) is 5.34. The summed E-state index contributed by atoms with van der Waals surface area (Å²) in [7, 11) is 0. The Morgan fingerprint density at radius 3 is 2.44 bits per heavy atom. The van der Waals surface area contributed by atoms with Crippen LogP contribution in [0.4, 0.5) is 30.7 Å². The maximum Gasteiger partial charge on any atom is 0.437 e. The highest BCUT2D eigenvalue weighted by molar-refractivity contribution is 5.89. The Balaban J connectivity index is 1.37. The number of amides is 2. The van der Waals surface area contributed by atoms with E-state index in [-0.39, 0.29) is 11.1 Å². The van der Waals surface area contributed by atoms with Gasteiger partial charge < -0.3 is 10.2 Å². The molecule has 5 rings (SSSR count). The van der Waals surface area contributed by atoms with Crippen LogP contribution in [0.25, 0.3) is 0 Å². The van der Waals surface area contributed by atoms with Crippen LogP contribution >= 0.6 is 0 Å². The smallest absolute Gasteiger partial charge is 0.343 e. The van der Waals surface area contributed by atoms with Crippen molar-refractivity contribution in [3.05, 3.63) is 82.4 Å². The lowest BCUT2D eigenvalue weighted by molar-refractivity contribution is -0.143. The van der Waals surface area contributed by atoms with Crippen LogP contribution in [-0.2, 0) is 22.2 Å². The average Bonchev–Trinajstić information content (AvgIpc) is 3.53. The van der Waals surface area contributed by atoms with Crippen molar-refractivity contribution in [1.82, 2.24) is 25.6 Å². The summed E-state index contributed by atoms with van der Waals surface area (Å²) in [5.41, 5.74) is -1.07. The van der Waals surface area contributed by atoms with Crippen molar-refractivity contribution in [2.75, 3.05) is 6.54 Å². The molecule has 2 aromatic carbocycles. The van der Waals surface area contributed by atoms with Gasteiger partial charge in [-0.15, -0.1) is 5.10 Å². The maximum atomic E-state index is 15.1. The monoisotopic (exact) mass is 583 g/mol. The predicted molar refractivity (Wildman–Crippen MR) is 130 cm³/mol. The minimum Gasteiger partial charge on any atom is -0.343 e. The Morgan fingerprint density at radius 2 is 1.80 bits per heavy atom. The summed E-state index contributed by atoms with van der Waals surface area (Å²) >= 11 is 0. The van der Waals surface area contributed by atoms with E-state index >= 15 is 4.39 Å². The molecular weight excluding hydrogens is 559 g/mol. The molecule has 2 heterocycles. The number of alkyl halides is 6. The molecule has 0 radical (unpaired) electrons. The van der Waals surface area contributed by atoms with Gasteiger partial charge in [0.1, 0.15) is 18.0 Å². The van der Waals surface area contributed by atoms with Gasteiger partial charge in [-0.1, -0.05) is 47.7 Å². The Bertz CT molecular complexity index is 1420. The van der Waals surface area contributed by atoms with Crippen molar-refractivity contribution >= 4 is 11.8 Å². The maximum absolute atomic E-state index is 15.1. The van der Waals surface area contributed by atoms with Crippen molar-refractivity contribution in [2.24, 2.45) is 0 Å². The Labute approximate surface area is 229 Å². The van der Waals surface area contributed by atoms with E-state index in [1.54, 1.807) is 30.3 Å². The SMILES string of the molecule is O=C(NC(c1ccccc1)c1ccc(C2CC(F)(F)C2)c(F)c1)C1CC(F)CN1C(=O)Cc1[nH]nnc1C(F)(F)F. The van der Waals surface area contributed by atoms with Crippen molar-refractivity contribution in [1.29, 1.82) is 0 Å². The molecule has 1 aliphatic carbocycles. The van der Waals surface area contributed by atoms with E-state index in [0.29, 0.717) is 5.56 Å². The molecule has 218 valence electrons. The normalized spacial score (nSPS) is 21.4. The van der Waals surface area contributed by atoms with E-state index in [1.165, 1.54) is 12.1 Å². The number of aromatic nitrogens is 3. The van der Waals surface area contributed by atoms with Gasteiger partial charge >= 0.3 is 6.18 Å². The molecule has 1 saturated carbocycles. The quantitative estimate of drug-likeness (QED) is 0.389. The Kier molecular flexibility index (Phi) is 7.51. The summed E-state index contributed by atoms with van der Waals surface area (Å²) in [4.78, 5) is 27.2. The van der Waals surface area contributed by atoms with E-state index in [9.17, 15) is 35.9 Å². The first-order chi connectivity index (χ1) is 19.3. The molecule has 1 aliphatic heterocycles. The van der Waals surface area contributed by atoms with Crippen LogP contribution in [0.1, 0.15) is 59.3 Å². The second kappa shape index (κ2) is 10.8. The summed E-state index contributed by atoms with van der Waals surface area (Å²) in [6.07, 6.45) is -8.64. The van der Waals surface area contributed by atoms with Gasteiger partial charge in [0.05, 0.1) is 24.7 Å².